The van der Waals surface area contributed by atoms with Crippen molar-refractivity contribution in [3.05, 3.63) is 29.3 Å². The third kappa shape index (κ3) is 2.76. The van der Waals surface area contributed by atoms with Crippen LogP contribution in [0.3, 0.4) is 0 Å². The number of carboxylic acid groups (broad SMARTS) is 1. The smallest absolute Gasteiger partial charge is 0.337 e. The largest absolute Gasteiger partial charge is 0.478 e. The Hall–Kier alpha value is -1.88. The van der Waals surface area contributed by atoms with Crippen molar-refractivity contribution >= 4 is 17.6 Å². The molecule has 2 atom stereocenters. The number of hydrogen-bond donors (Lipinski definition) is 2. The molecule has 19 heavy (non-hydrogen) atoms. The van der Waals surface area contributed by atoms with Gasteiger partial charge in [0.15, 0.2) is 0 Å². The fourth-order valence-corrected chi connectivity index (χ4v) is 2.24. The highest BCUT2D eigenvalue weighted by Crippen LogP contribution is 2.25. The van der Waals surface area contributed by atoms with Crippen LogP contribution in [0.2, 0.25) is 0 Å². The predicted molar refractivity (Wildman–Crippen MR) is 70.3 cm³/mol. The van der Waals surface area contributed by atoms with E-state index in [0.29, 0.717) is 12.3 Å². The van der Waals surface area contributed by atoms with Gasteiger partial charge in [-0.15, -0.1) is 0 Å². The number of para-hydroxylation sites is 1. The topological polar surface area (TPSA) is 75.6 Å². The summed E-state index contributed by atoms with van der Waals surface area (Å²) in [6, 6.07) is 4.90. The van der Waals surface area contributed by atoms with E-state index < -0.39 is 12.1 Å². The minimum atomic E-state index is -1.06. The summed E-state index contributed by atoms with van der Waals surface area (Å²) >= 11 is 0. The average molecular weight is 263 g/mol. The highest BCUT2D eigenvalue weighted by Gasteiger charge is 2.31. The number of hydrogen-bond acceptors (Lipinski definition) is 3. The van der Waals surface area contributed by atoms with Crippen LogP contribution in [-0.4, -0.2) is 29.7 Å². The van der Waals surface area contributed by atoms with Crippen LogP contribution in [0.1, 0.15) is 29.3 Å². The Balaban J connectivity index is 2.23. The molecule has 2 rings (SSSR count). The molecule has 1 fully saturated rings. The molecular weight excluding hydrogens is 246 g/mol. The molecule has 102 valence electrons. The molecule has 1 aliphatic rings. The second-order valence-electron chi connectivity index (χ2n) is 4.85. The van der Waals surface area contributed by atoms with Crippen molar-refractivity contribution in [3.63, 3.8) is 0 Å². The standard InChI is InChI=1S/C14H17NO4/c1-8-4-3-5-10(14(17)18)11(8)15-13(16)12-9(2)6-7-19-12/h3-5,9,12H,6-7H2,1-2H3,(H,15,16)(H,17,18). The lowest BCUT2D eigenvalue weighted by atomic mass is 10.0. The van der Waals surface area contributed by atoms with Gasteiger partial charge < -0.3 is 15.2 Å². The number of ether oxygens (including phenoxy) is 1. The van der Waals surface area contributed by atoms with Gasteiger partial charge in [-0.3, -0.25) is 4.79 Å². The zero-order valence-electron chi connectivity index (χ0n) is 11.0. The average Bonchev–Trinajstić information content (AvgIpc) is 2.77. The number of carbonyl (C=O) groups is 2. The Bertz CT molecular complexity index is 512. The second-order valence-corrected chi connectivity index (χ2v) is 4.85. The molecular formula is C14H17NO4. The molecule has 5 nitrogen and oxygen atoms in total. The SMILES string of the molecule is Cc1cccc(C(=O)O)c1NC(=O)C1OCCC1C. The Kier molecular flexibility index (Phi) is 3.85. The molecule has 0 bridgehead atoms. The molecule has 1 aromatic rings. The van der Waals surface area contributed by atoms with E-state index in [0.717, 1.165) is 12.0 Å². The third-order valence-electron chi connectivity index (χ3n) is 3.40. The van der Waals surface area contributed by atoms with Crippen molar-refractivity contribution in [2.75, 3.05) is 11.9 Å². The lowest BCUT2D eigenvalue weighted by molar-refractivity contribution is -0.126. The molecule has 1 saturated heterocycles. The Morgan fingerprint density at radius 3 is 2.74 bits per heavy atom. The van der Waals surface area contributed by atoms with E-state index in [-0.39, 0.29) is 17.4 Å². The predicted octanol–water partition coefficient (Wildman–Crippen LogP) is 2.06. The van der Waals surface area contributed by atoms with Gasteiger partial charge >= 0.3 is 5.97 Å². The number of carboxylic acids is 1. The fourth-order valence-electron chi connectivity index (χ4n) is 2.24. The maximum Gasteiger partial charge on any atom is 0.337 e. The lowest BCUT2D eigenvalue weighted by Gasteiger charge is -2.17. The van der Waals surface area contributed by atoms with Gasteiger partial charge in [-0.05, 0) is 30.9 Å². The molecule has 0 aliphatic carbocycles. The van der Waals surface area contributed by atoms with Gasteiger partial charge in [0.05, 0.1) is 11.3 Å². The molecule has 5 heteroatoms. The van der Waals surface area contributed by atoms with Crippen molar-refractivity contribution in [1.29, 1.82) is 0 Å². The number of carbonyl (C=O) groups excluding carboxylic acids is 1. The number of aryl methyl sites for hydroxylation is 1. The summed E-state index contributed by atoms with van der Waals surface area (Å²) < 4.78 is 5.38. The molecule has 0 aromatic heterocycles. The first-order chi connectivity index (χ1) is 9.00. The van der Waals surface area contributed by atoms with Crippen molar-refractivity contribution < 1.29 is 19.4 Å². The number of amides is 1. The summed E-state index contributed by atoms with van der Waals surface area (Å²) in [6.07, 6.45) is 0.346. The van der Waals surface area contributed by atoms with Gasteiger partial charge in [0.25, 0.3) is 5.91 Å². The molecule has 0 radical (unpaired) electrons. The van der Waals surface area contributed by atoms with Gasteiger partial charge in [-0.25, -0.2) is 4.79 Å². The summed E-state index contributed by atoms with van der Waals surface area (Å²) in [5.41, 5.74) is 1.17. The molecule has 1 amide bonds. The minimum Gasteiger partial charge on any atom is -0.478 e. The van der Waals surface area contributed by atoms with Gasteiger partial charge in [0.2, 0.25) is 0 Å². The molecule has 2 N–H and O–H groups in total. The summed E-state index contributed by atoms with van der Waals surface area (Å²) in [4.78, 5) is 23.3. The number of benzene rings is 1. The maximum absolute atomic E-state index is 12.1. The van der Waals surface area contributed by atoms with E-state index in [1.165, 1.54) is 6.07 Å². The molecule has 0 saturated carbocycles. The number of rotatable bonds is 3. The van der Waals surface area contributed by atoms with Gasteiger partial charge in [-0.2, -0.15) is 0 Å². The van der Waals surface area contributed by atoms with Crippen LogP contribution < -0.4 is 5.32 Å². The van der Waals surface area contributed by atoms with Crippen LogP contribution in [0.25, 0.3) is 0 Å². The van der Waals surface area contributed by atoms with Crippen molar-refractivity contribution in [2.45, 2.75) is 26.4 Å². The van der Waals surface area contributed by atoms with Crippen LogP contribution in [0, 0.1) is 12.8 Å². The maximum atomic E-state index is 12.1. The fraction of sp³-hybridized carbons (Fsp3) is 0.429. The number of nitrogens with one attached hydrogen (secondary N) is 1. The highest BCUT2D eigenvalue weighted by molar-refractivity contribution is 6.02. The molecule has 1 aromatic carbocycles. The van der Waals surface area contributed by atoms with Gasteiger partial charge in [-0.1, -0.05) is 19.1 Å². The van der Waals surface area contributed by atoms with E-state index in [1.54, 1.807) is 19.1 Å². The van der Waals surface area contributed by atoms with Gasteiger partial charge in [0.1, 0.15) is 6.10 Å². The van der Waals surface area contributed by atoms with E-state index in [1.807, 2.05) is 6.92 Å². The zero-order chi connectivity index (χ0) is 14.0. The highest BCUT2D eigenvalue weighted by atomic mass is 16.5. The zero-order valence-corrected chi connectivity index (χ0v) is 11.0. The van der Waals surface area contributed by atoms with Crippen molar-refractivity contribution in [1.82, 2.24) is 0 Å². The minimum absolute atomic E-state index is 0.0963. The van der Waals surface area contributed by atoms with Crippen LogP contribution in [0.4, 0.5) is 5.69 Å². The normalized spacial score (nSPS) is 22.2. The van der Waals surface area contributed by atoms with Crippen LogP contribution in [0.5, 0.6) is 0 Å². The first-order valence-electron chi connectivity index (χ1n) is 6.26. The van der Waals surface area contributed by atoms with Crippen LogP contribution >= 0.6 is 0 Å². The Labute approximate surface area is 111 Å². The quantitative estimate of drug-likeness (QED) is 0.875. The monoisotopic (exact) mass is 263 g/mol. The summed E-state index contributed by atoms with van der Waals surface area (Å²) in [5.74, 6) is -1.18. The van der Waals surface area contributed by atoms with E-state index >= 15 is 0 Å². The summed E-state index contributed by atoms with van der Waals surface area (Å²) in [5, 5.41) is 11.8. The van der Waals surface area contributed by atoms with Crippen LogP contribution in [-0.2, 0) is 9.53 Å². The van der Waals surface area contributed by atoms with Crippen LogP contribution in [0.15, 0.2) is 18.2 Å². The lowest BCUT2D eigenvalue weighted by Crippen LogP contribution is -2.32. The third-order valence-corrected chi connectivity index (χ3v) is 3.40. The van der Waals surface area contributed by atoms with Crippen molar-refractivity contribution in [2.24, 2.45) is 5.92 Å². The van der Waals surface area contributed by atoms with E-state index in [9.17, 15) is 9.59 Å². The molecule has 1 aliphatic heterocycles. The van der Waals surface area contributed by atoms with E-state index in [4.69, 9.17) is 9.84 Å². The molecule has 0 spiro atoms. The first-order valence-corrected chi connectivity index (χ1v) is 6.26. The van der Waals surface area contributed by atoms with E-state index in [2.05, 4.69) is 5.32 Å². The molecule has 2 unspecified atom stereocenters. The second kappa shape index (κ2) is 5.40. The summed E-state index contributed by atoms with van der Waals surface area (Å²) in [7, 11) is 0. The molecule has 1 heterocycles. The Morgan fingerprint density at radius 2 is 2.16 bits per heavy atom. The Morgan fingerprint density at radius 1 is 1.42 bits per heavy atom. The number of aromatic carboxylic acids is 1. The number of anilines is 1. The van der Waals surface area contributed by atoms with Gasteiger partial charge in [0, 0.05) is 6.61 Å². The summed E-state index contributed by atoms with van der Waals surface area (Å²) in [6.45, 7) is 4.28. The first kappa shape index (κ1) is 13.5. The van der Waals surface area contributed by atoms with Crippen molar-refractivity contribution in [3.8, 4) is 0 Å².